The Morgan fingerprint density at radius 1 is 0.931 bits per heavy atom. The highest BCUT2D eigenvalue weighted by atomic mass is 79.9. The Bertz CT molecular complexity index is 1240. The van der Waals surface area contributed by atoms with E-state index in [1.165, 1.54) is 13.2 Å². The predicted molar refractivity (Wildman–Crippen MR) is 114 cm³/mol. The molecule has 1 aromatic heterocycles. The van der Waals surface area contributed by atoms with E-state index in [0.29, 0.717) is 22.1 Å². The van der Waals surface area contributed by atoms with Crippen molar-refractivity contribution < 1.29 is 18.7 Å². The van der Waals surface area contributed by atoms with Gasteiger partial charge in [0, 0.05) is 22.0 Å². The van der Waals surface area contributed by atoms with Crippen molar-refractivity contribution in [1.29, 1.82) is 0 Å². The van der Waals surface area contributed by atoms with Crippen LogP contribution in [0.2, 0.25) is 0 Å². The molecule has 3 aromatic carbocycles. The lowest BCUT2D eigenvalue weighted by Gasteiger charge is -2.12. The van der Waals surface area contributed by atoms with Gasteiger partial charge in [-0.1, -0.05) is 46.3 Å². The molecule has 0 radical (unpaired) electrons. The van der Waals surface area contributed by atoms with Gasteiger partial charge >= 0.3 is 11.6 Å². The number of hydrogen-bond donors (Lipinski definition) is 0. The molecule has 0 aliphatic rings. The fourth-order valence-electron chi connectivity index (χ4n) is 3.01. The number of halogens is 1. The Labute approximate surface area is 174 Å². The van der Waals surface area contributed by atoms with Gasteiger partial charge in [0.2, 0.25) is 0 Å². The van der Waals surface area contributed by atoms with Crippen molar-refractivity contribution >= 4 is 32.9 Å². The highest BCUT2D eigenvalue weighted by Gasteiger charge is 2.17. The molecule has 0 bridgehead atoms. The Morgan fingerprint density at radius 2 is 1.66 bits per heavy atom. The number of carbonyl (C=O) groups is 1. The first-order chi connectivity index (χ1) is 14.0. The van der Waals surface area contributed by atoms with Crippen molar-refractivity contribution in [3.63, 3.8) is 0 Å². The maximum atomic E-state index is 12.6. The molecule has 0 fully saturated rings. The van der Waals surface area contributed by atoms with Gasteiger partial charge in [-0.05, 0) is 41.5 Å². The quantitative estimate of drug-likeness (QED) is 0.235. The van der Waals surface area contributed by atoms with Crippen LogP contribution in [0.1, 0.15) is 10.4 Å². The van der Waals surface area contributed by atoms with Gasteiger partial charge in [-0.3, -0.25) is 0 Å². The SMILES string of the molecule is COc1cc2oc(=O)cc(-c3ccccc3)c2cc1OC(=O)c1ccc(Br)cc1. The van der Waals surface area contributed by atoms with Crippen molar-refractivity contribution in [3.05, 3.63) is 93.3 Å². The topological polar surface area (TPSA) is 65.7 Å². The van der Waals surface area contributed by atoms with E-state index >= 15 is 0 Å². The second kappa shape index (κ2) is 7.93. The van der Waals surface area contributed by atoms with E-state index < -0.39 is 11.6 Å². The molecule has 0 saturated carbocycles. The molecule has 0 amide bonds. The number of carbonyl (C=O) groups excluding carboxylic acids is 1. The van der Waals surface area contributed by atoms with Crippen LogP contribution in [-0.4, -0.2) is 13.1 Å². The first-order valence-corrected chi connectivity index (χ1v) is 9.53. The summed E-state index contributed by atoms with van der Waals surface area (Å²) in [6.45, 7) is 0. The van der Waals surface area contributed by atoms with Crippen LogP contribution in [0.3, 0.4) is 0 Å². The van der Waals surface area contributed by atoms with Crippen LogP contribution in [0.4, 0.5) is 0 Å². The number of fused-ring (bicyclic) bond motifs is 1. The first kappa shape index (κ1) is 19.0. The number of benzene rings is 3. The van der Waals surface area contributed by atoms with Crippen LogP contribution in [-0.2, 0) is 0 Å². The third-order valence-corrected chi connectivity index (χ3v) is 4.92. The van der Waals surface area contributed by atoms with Gasteiger partial charge in [-0.2, -0.15) is 0 Å². The average molecular weight is 451 g/mol. The van der Waals surface area contributed by atoms with Crippen molar-refractivity contribution in [2.45, 2.75) is 0 Å². The highest BCUT2D eigenvalue weighted by molar-refractivity contribution is 9.10. The van der Waals surface area contributed by atoms with Gasteiger partial charge in [0.15, 0.2) is 11.5 Å². The van der Waals surface area contributed by atoms with Gasteiger partial charge in [0.25, 0.3) is 0 Å². The molecule has 6 heteroatoms. The molecule has 0 atom stereocenters. The van der Waals surface area contributed by atoms with Gasteiger partial charge in [-0.25, -0.2) is 9.59 Å². The summed E-state index contributed by atoms with van der Waals surface area (Å²) >= 11 is 3.34. The number of esters is 1. The van der Waals surface area contributed by atoms with E-state index in [1.807, 2.05) is 30.3 Å². The van der Waals surface area contributed by atoms with Gasteiger partial charge in [0.05, 0.1) is 12.7 Å². The zero-order chi connectivity index (χ0) is 20.4. The summed E-state index contributed by atoms with van der Waals surface area (Å²) in [5.74, 6) is 0.00377. The maximum absolute atomic E-state index is 12.6. The Balaban J connectivity index is 1.83. The van der Waals surface area contributed by atoms with E-state index in [2.05, 4.69) is 15.9 Å². The number of rotatable bonds is 4. The fraction of sp³-hybridized carbons (Fsp3) is 0.0435. The molecule has 0 unspecified atom stereocenters. The summed E-state index contributed by atoms with van der Waals surface area (Å²) in [5, 5.41) is 0.634. The summed E-state index contributed by atoms with van der Waals surface area (Å²) in [7, 11) is 1.46. The standard InChI is InChI=1S/C23H15BrO5/c1-27-20-13-19-18(17(12-22(25)28-19)14-5-3-2-4-6-14)11-21(20)29-23(26)15-7-9-16(24)10-8-15/h2-13H,1H3. The fourth-order valence-corrected chi connectivity index (χ4v) is 3.27. The molecule has 4 rings (SSSR count). The highest BCUT2D eigenvalue weighted by Crippen LogP contribution is 2.36. The summed E-state index contributed by atoms with van der Waals surface area (Å²) in [5.41, 5.74) is 1.80. The molecule has 4 aromatic rings. The van der Waals surface area contributed by atoms with Crippen LogP contribution in [0.25, 0.3) is 22.1 Å². The number of hydrogen-bond acceptors (Lipinski definition) is 5. The second-order valence-corrected chi connectivity index (χ2v) is 7.16. The minimum absolute atomic E-state index is 0.235. The monoisotopic (exact) mass is 450 g/mol. The van der Waals surface area contributed by atoms with Gasteiger partial charge < -0.3 is 13.9 Å². The van der Waals surface area contributed by atoms with Crippen LogP contribution in [0.5, 0.6) is 11.5 Å². The summed E-state index contributed by atoms with van der Waals surface area (Å²) < 4.78 is 17.1. The molecule has 0 aliphatic heterocycles. The molecule has 144 valence electrons. The zero-order valence-electron chi connectivity index (χ0n) is 15.3. The largest absolute Gasteiger partial charge is 0.493 e. The third-order valence-electron chi connectivity index (χ3n) is 4.40. The molecule has 0 saturated heterocycles. The normalized spacial score (nSPS) is 10.7. The Morgan fingerprint density at radius 3 is 2.34 bits per heavy atom. The Kier molecular flexibility index (Phi) is 5.18. The van der Waals surface area contributed by atoms with Crippen LogP contribution in [0.15, 0.2) is 86.5 Å². The molecule has 1 heterocycles. The number of methoxy groups -OCH3 is 1. The van der Waals surface area contributed by atoms with Crippen molar-refractivity contribution in [2.75, 3.05) is 7.11 Å². The first-order valence-electron chi connectivity index (χ1n) is 8.74. The lowest BCUT2D eigenvalue weighted by molar-refractivity contribution is 0.0730. The smallest absolute Gasteiger partial charge is 0.343 e. The molecule has 0 spiro atoms. The molecule has 0 N–H and O–H groups in total. The van der Waals surface area contributed by atoms with Crippen molar-refractivity contribution in [3.8, 4) is 22.6 Å². The summed E-state index contributed by atoms with van der Waals surface area (Å²) in [4.78, 5) is 24.6. The van der Waals surface area contributed by atoms with E-state index in [-0.39, 0.29) is 11.5 Å². The summed E-state index contributed by atoms with van der Waals surface area (Å²) in [6, 6.07) is 20.9. The second-order valence-electron chi connectivity index (χ2n) is 6.24. The molecule has 0 aliphatic carbocycles. The minimum Gasteiger partial charge on any atom is -0.493 e. The van der Waals surface area contributed by atoms with Gasteiger partial charge in [0.1, 0.15) is 5.58 Å². The summed E-state index contributed by atoms with van der Waals surface area (Å²) in [6.07, 6.45) is 0. The van der Waals surface area contributed by atoms with Crippen molar-refractivity contribution in [2.24, 2.45) is 0 Å². The Hall–Kier alpha value is -3.38. The predicted octanol–water partition coefficient (Wildman–Crippen LogP) is 5.45. The molecule has 5 nitrogen and oxygen atoms in total. The van der Waals surface area contributed by atoms with E-state index in [1.54, 1.807) is 36.4 Å². The molecular weight excluding hydrogens is 436 g/mol. The molecular formula is C23H15BrO5. The molecule has 29 heavy (non-hydrogen) atoms. The van der Waals surface area contributed by atoms with Crippen LogP contribution in [0, 0.1) is 0 Å². The zero-order valence-corrected chi connectivity index (χ0v) is 16.9. The lowest BCUT2D eigenvalue weighted by Crippen LogP contribution is -2.09. The lowest BCUT2D eigenvalue weighted by atomic mass is 10.0. The van der Waals surface area contributed by atoms with Crippen molar-refractivity contribution in [1.82, 2.24) is 0 Å². The maximum Gasteiger partial charge on any atom is 0.343 e. The van der Waals surface area contributed by atoms with E-state index in [0.717, 1.165) is 10.0 Å². The third kappa shape index (κ3) is 3.93. The van der Waals surface area contributed by atoms with E-state index in [9.17, 15) is 9.59 Å². The van der Waals surface area contributed by atoms with E-state index in [4.69, 9.17) is 13.9 Å². The average Bonchev–Trinajstić information content (AvgIpc) is 2.74. The van der Waals surface area contributed by atoms with Crippen LogP contribution < -0.4 is 15.1 Å². The van der Waals surface area contributed by atoms with Gasteiger partial charge in [-0.15, -0.1) is 0 Å². The van der Waals surface area contributed by atoms with Crippen LogP contribution >= 0.6 is 15.9 Å². The number of ether oxygens (including phenoxy) is 2. The minimum atomic E-state index is -0.520.